The lowest BCUT2D eigenvalue weighted by Gasteiger charge is -2.39. The average molecular weight is 1220 g/mol. The number of likely N-dealkylation sites (N-methyl/N-ethyl adjacent to an activating group) is 1. The maximum Gasteiger partial charge on any atom is 0.306 e. The number of amides is 6. The monoisotopic (exact) mass is 1220 g/mol. The van der Waals surface area contributed by atoms with Crippen molar-refractivity contribution >= 4 is 76.1 Å². The Balaban J connectivity index is 1.47. The number of nitrogens with two attached hydrogens (primary N) is 1. The molecule has 0 bridgehead atoms. The summed E-state index contributed by atoms with van der Waals surface area (Å²) in [5, 5.41) is 17.8. The number of nitrogens with zero attached hydrogens (tertiary/aromatic N) is 4. The number of imide groups is 1. The van der Waals surface area contributed by atoms with Gasteiger partial charge in [0.25, 0.3) is 17.7 Å². The predicted octanol–water partition coefficient (Wildman–Crippen LogP) is 8.32. The molecule has 0 saturated carbocycles. The number of ether oxygens (including phenoxy) is 1. The predicted molar refractivity (Wildman–Crippen MR) is 328 cm³/mol. The molecular weight excluding hydrogens is 1120 g/mol. The number of carboxylic acid groups (broad SMARTS) is 1. The van der Waals surface area contributed by atoms with Crippen LogP contribution in [-0.2, 0) is 65.5 Å². The molecule has 1 aromatic carbocycles. The van der Waals surface area contributed by atoms with E-state index in [0.717, 1.165) is 47.6 Å². The molecule has 1 fully saturated rings. The van der Waals surface area contributed by atoms with Crippen molar-refractivity contribution in [1.29, 1.82) is 0 Å². The molecule has 0 aliphatic carbocycles. The Hall–Kier alpha value is -6.48. The SMILES string of the molecule is CCCN(C(=O)[C@@H](CC(=O)[C@H]1CCCCN1C)[C@@H](C)CC)[C@H](C[C@@H](OC(C)=O)c1nc(C(=O)N[C@@H](Cc2ccc(CC(=O)[C@H](CCCCC(N)=O)NC(=O)[C@@H](CC(=O)CCCCCN3C(=O)C=CC3=O)C(C)C)cc2)CC(C)C(=O)O)cs1)C(C)C. The number of Topliss-reactive ketones (excluding diaryl/α,β-unsaturated/α-hetero) is 3. The number of primary amides is 1. The molecule has 0 radical (unpaired) electrons. The van der Waals surface area contributed by atoms with Crippen LogP contribution in [0.2, 0.25) is 0 Å². The maximum atomic E-state index is 14.9. The highest BCUT2D eigenvalue weighted by atomic mass is 32.1. The molecule has 21 heteroatoms. The lowest BCUT2D eigenvalue weighted by Crippen LogP contribution is -2.50. The number of ketones is 3. The average Bonchev–Trinajstić information content (AvgIpc) is 2.54. The van der Waals surface area contributed by atoms with Crippen LogP contribution >= 0.6 is 11.3 Å². The first-order chi connectivity index (χ1) is 40.7. The van der Waals surface area contributed by atoms with Gasteiger partial charge < -0.3 is 31.1 Å². The van der Waals surface area contributed by atoms with E-state index < -0.39 is 71.6 Å². The Morgan fingerprint density at radius 1 is 0.826 bits per heavy atom. The number of likely N-dealkylation sites (tertiary alicyclic amines) is 1. The van der Waals surface area contributed by atoms with E-state index >= 15 is 0 Å². The highest BCUT2D eigenvalue weighted by molar-refractivity contribution is 7.09. The van der Waals surface area contributed by atoms with Gasteiger partial charge in [0.15, 0.2) is 17.7 Å². The molecule has 9 atom stereocenters. The molecular formula is C65H97N7O13S. The Morgan fingerprint density at radius 2 is 1.49 bits per heavy atom. The summed E-state index contributed by atoms with van der Waals surface area (Å²) in [5.74, 6) is -6.71. The molecule has 1 unspecified atom stereocenters. The van der Waals surface area contributed by atoms with Gasteiger partial charge in [0.2, 0.25) is 17.7 Å². The highest BCUT2D eigenvalue weighted by Gasteiger charge is 2.39. The normalized spacial score (nSPS) is 17.3. The number of carbonyl (C=O) groups excluding carboxylic acids is 10. The van der Waals surface area contributed by atoms with Gasteiger partial charge in [-0.15, -0.1) is 11.3 Å². The molecule has 2 aliphatic heterocycles. The van der Waals surface area contributed by atoms with E-state index in [9.17, 15) is 57.8 Å². The molecule has 5 N–H and O–H groups in total. The zero-order valence-electron chi connectivity index (χ0n) is 52.6. The van der Waals surface area contributed by atoms with Gasteiger partial charge in [-0.3, -0.25) is 62.5 Å². The number of carboxylic acids is 1. The number of rotatable bonds is 40. The summed E-state index contributed by atoms with van der Waals surface area (Å²) in [7, 11) is 1.97. The third kappa shape index (κ3) is 23.0. The van der Waals surface area contributed by atoms with Gasteiger partial charge in [-0.05, 0) is 100 Å². The third-order valence-corrected chi connectivity index (χ3v) is 17.8. The Labute approximate surface area is 512 Å². The Morgan fingerprint density at radius 3 is 2.08 bits per heavy atom. The lowest BCUT2D eigenvalue weighted by atomic mass is 9.82. The Bertz CT molecular complexity index is 2650. The molecule has 86 heavy (non-hydrogen) atoms. The van der Waals surface area contributed by atoms with Crippen molar-refractivity contribution in [3.05, 3.63) is 63.6 Å². The highest BCUT2D eigenvalue weighted by Crippen LogP contribution is 2.34. The number of thiazole rings is 1. The van der Waals surface area contributed by atoms with Gasteiger partial charge in [0, 0.05) is 100.0 Å². The first kappa shape index (κ1) is 72.0. The second-order valence-electron chi connectivity index (χ2n) is 24.6. The van der Waals surface area contributed by atoms with Crippen molar-refractivity contribution in [2.75, 3.05) is 26.7 Å². The van der Waals surface area contributed by atoms with E-state index in [1.165, 1.54) is 19.1 Å². The van der Waals surface area contributed by atoms with E-state index in [2.05, 4.69) is 20.5 Å². The van der Waals surface area contributed by atoms with Crippen molar-refractivity contribution in [2.45, 2.75) is 215 Å². The van der Waals surface area contributed by atoms with E-state index in [0.29, 0.717) is 62.1 Å². The van der Waals surface area contributed by atoms with Crippen molar-refractivity contribution in [2.24, 2.45) is 41.2 Å². The molecule has 3 heterocycles. The minimum Gasteiger partial charge on any atom is -0.481 e. The van der Waals surface area contributed by atoms with E-state index in [1.54, 1.807) is 36.6 Å². The zero-order valence-corrected chi connectivity index (χ0v) is 53.4. The zero-order chi connectivity index (χ0) is 63.8. The summed E-state index contributed by atoms with van der Waals surface area (Å²) < 4.78 is 5.93. The maximum absolute atomic E-state index is 14.9. The number of aromatic nitrogens is 1. The fourth-order valence-corrected chi connectivity index (χ4v) is 12.3. The van der Waals surface area contributed by atoms with Crippen LogP contribution in [0.15, 0.2) is 41.8 Å². The molecule has 476 valence electrons. The van der Waals surface area contributed by atoms with Gasteiger partial charge in [-0.25, -0.2) is 4.98 Å². The van der Waals surface area contributed by atoms with Crippen molar-refractivity contribution in [3.8, 4) is 0 Å². The minimum absolute atomic E-state index is 0.0279. The fraction of sp³-hybridized carbons (Fsp3) is 0.662. The number of aliphatic carboxylic acids is 1. The van der Waals surface area contributed by atoms with Crippen LogP contribution in [0.25, 0.3) is 0 Å². The van der Waals surface area contributed by atoms with Crippen molar-refractivity contribution in [1.82, 2.24) is 30.3 Å². The quantitative estimate of drug-likeness (QED) is 0.0277. The van der Waals surface area contributed by atoms with Crippen LogP contribution in [0.5, 0.6) is 0 Å². The molecule has 6 amide bonds. The molecule has 20 nitrogen and oxygen atoms in total. The number of esters is 1. The minimum atomic E-state index is -1.05. The number of benzene rings is 1. The summed E-state index contributed by atoms with van der Waals surface area (Å²) in [6.45, 7) is 18.1. The molecule has 4 rings (SSSR count). The summed E-state index contributed by atoms with van der Waals surface area (Å²) in [4.78, 5) is 154. The summed E-state index contributed by atoms with van der Waals surface area (Å²) in [6.07, 6.45) is 9.28. The van der Waals surface area contributed by atoms with Crippen LogP contribution in [0, 0.1) is 35.5 Å². The molecule has 2 aromatic rings. The molecule has 0 spiro atoms. The molecule has 1 saturated heterocycles. The van der Waals surface area contributed by atoms with Crippen LogP contribution < -0.4 is 16.4 Å². The van der Waals surface area contributed by atoms with Gasteiger partial charge >= 0.3 is 11.9 Å². The number of unbranched alkanes of at least 4 members (excludes halogenated alkanes) is 3. The summed E-state index contributed by atoms with van der Waals surface area (Å²) >= 11 is 1.14. The largest absolute Gasteiger partial charge is 0.481 e. The first-order valence-electron chi connectivity index (χ1n) is 31.2. The van der Waals surface area contributed by atoms with Crippen LogP contribution in [0.1, 0.15) is 204 Å². The van der Waals surface area contributed by atoms with Crippen LogP contribution in [0.3, 0.4) is 0 Å². The van der Waals surface area contributed by atoms with Gasteiger partial charge in [0.1, 0.15) is 16.5 Å². The van der Waals surface area contributed by atoms with Crippen LogP contribution in [0.4, 0.5) is 0 Å². The fourth-order valence-electron chi connectivity index (χ4n) is 11.5. The smallest absolute Gasteiger partial charge is 0.306 e. The van der Waals surface area contributed by atoms with Gasteiger partial charge in [-0.2, -0.15) is 0 Å². The van der Waals surface area contributed by atoms with Crippen molar-refractivity contribution < 1.29 is 62.6 Å². The van der Waals surface area contributed by atoms with Gasteiger partial charge in [0.05, 0.1) is 18.0 Å². The molecule has 2 aliphatic rings. The summed E-state index contributed by atoms with van der Waals surface area (Å²) in [6, 6.07) is 4.84. The first-order valence-corrected chi connectivity index (χ1v) is 32.1. The van der Waals surface area contributed by atoms with E-state index in [4.69, 9.17) is 10.5 Å². The number of carbonyl (C=O) groups is 11. The van der Waals surface area contributed by atoms with Crippen LogP contribution in [-0.4, -0.2) is 140 Å². The summed E-state index contributed by atoms with van der Waals surface area (Å²) in [5.41, 5.74) is 6.79. The third-order valence-electron chi connectivity index (χ3n) is 16.9. The number of piperidine rings is 1. The number of hydrogen-bond acceptors (Lipinski definition) is 15. The second-order valence-corrected chi connectivity index (χ2v) is 25.4. The van der Waals surface area contributed by atoms with Crippen molar-refractivity contribution in [3.63, 3.8) is 0 Å². The number of hydrogen-bond donors (Lipinski definition) is 4. The number of nitrogens with one attached hydrogen (secondary N) is 2. The molecule has 1 aromatic heterocycles. The van der Waals surface area contributed by atoms with E-state index in [1.807, 2.05) is 60.4 Å². The topological polar surface area (TPSA) is 290 Å². The van der Waals surface area contributed by atoms with Gasteiger partial charge in [-0.1, -0.05) is 105 Å². The lowest BCUT2D eigenvalue weighted by molar-refractivity contribution is -0.150. The standard InChI is InChI=1S/C65H97N7O13S/c1-11-30-71(64(82)50(42(7)12-2)37-56(76)53-22-17-19-31-70(53)10)54(41(5)6)38-57(85-44(9)73)63-69-52(39-86-63)62(81)67-47(33-43(8)65(83)84)34-45-24-26-46(27-25-45)35-55(75)51(21-15-16-23-58(66)77)68-61(80)49(40(3)4)36-48(74)20-14-13-18-32-72-59(78)28-29-60(72)79/h24-29,39-43,47,49-51,53-54,57H,11-23,30-38H2,1-10H3,(H2,66,77)(H,67,81)(H,68,80)(H,83,84)/t42-,43?,47+,49-,50-,51-,53+,54+,57+/m0/s1. The second kappa shape index (κ2) is 36.0. The van der Waals surface area contributed by atoms with E-state index in [-0.39, 0.29) is 129 Å². The Kier molecular flexibility index (Phi) is 30.1.